The van der Waals surface area contributed by atoms with Gasteiger partial charge in [0.1, 0.15) is 5.82 Å². The first-order valence-electron chi connectivity index (χ1n) is 5.90. The lowest BCUT2D eigenvalue weighted by Gasteiger charge is -2.22. The molecule has 0 aliphatic carbocycles. The number of likely N-dealkylation sites (N-methyl/N-ethyl adjacent to an activating group) is 1. The van der Waals surface area contributed by atoms with Gasteiger partial charge in [-0.15, -0.1) is 0 Å². The summed E-state index contributed by atoms with van der Waals surface area (Å²) in [6, 6.07) is 0.530. The summed E-state index contributed by atoms with van der Waals surface area (Å²) < 4.78 is 2.22. The molecular weight excluding hydrogens is 186 g/mol. The van der Waals surface area contributed by atoms with E-state index >= 15 is 0 Å². The lowest BCUT2D eigenvalue weighted by molar-refractivity contribution is 0.377. The van der Waals surface area contributed by atoms with Crippen LogP contribution in [0.2, 0.25) is 0 Å². The molecule has 3 nitrogen and oxygen atoms in total. The quantitative estimate of drug-likeness (QED) is 0.777. The van der Waals surface area contributed by atoms with Crippen LogP contribution in [0.25, 0.3) is 0 Å². The van der Waals surface area contributed by atoms with E-state index in [9.17, 15) is 0 Å². The molecule has 0 bridgehead atoms. The maximum absolute atomic E-state index is 4.41. The molecule has 0 aliphatic rings. The van der Waals surface area contributed by atoms with E-state index in [2.05, 4.69) is 41.8 Å². The van der Waals surface area contributed by atoms with Crippen LogP contribution in [0.15, 0.2) is 12.4 Å². The molecule has 2 atom stereocenters. The van der Waals surface area contributed by atoms with Crippen molar-refractivity contribution in [3.63, 3.8) is 0 Å². The molecule has 0 aliphatic heterocycles. The smallest absolute Gasteiger partial charge is 0.110 e. The molecule has 2 unspecified atom stereocenters. The van der Waals surface area contributed by atoms with E-state index < -0.39 is 0 Å². The molecular formula is C12H23N3. The number of hydrogen-bond donors (Lipinski definition) is 1. The van der Waals surface area contributed by atoms with E-state index in [0.717, 1.165) is 13.0 Å². The third-order valence-electron chi connectivity index (χ3n) is 3.25. The van der Waals surface area contributed by atoms with Gasteiger partial charge in [-0.3, -0.25) is 0 Å². The van der Waals surface area contributed by atoms with E-state index in [4.69, 9.17) is 0 Å². The van der Waals surface area contributed by atoms with Gasteiger partial charge in [0.25, 0.3) is 0 Å². The molecule has 1 N–H and O–H groups in total. The van der Waals surface area contributed by atoms with Crippen molar-refractivity contribution in [1.29, 1.82) is 0 Å². The van der Waals surface area contributed by atoms with Gasteiger partial charge in [-0.05, 0) is 19.9 Å². The normalized spacial score (nSPS) is 15.2. The first-order valence-corrected chi connectivity index (χ1v) is 5.90. The van der Waals surface area contributed by atoms with E-state index in [0.29, 0.717) is 12.0 Å². The predicted molar refractivity (Wildman–Crippen MR) is 63.9 cm³/mol. The van der Waals surface area contributed by atoms with Crippen LogP contribution in [0, 0.1) is 5.92 Å². The molecule has 0 saturated heterocycles. The summed E-state index contributed by atoms with van der Waals surface area (Å²) in [6.45, 7) is 7.69. The first kappa shape index (κ1) is 12.2. The number of hydrogen-bond acceptors (Lipinski definition) is 2. The fourth-order valence-corrected chi connectivity index (χ4v) is 1.89. The molecule has 0 spiro atoms. The summed E-state index contributed by atoms with van der Waals surface area (Å²) in [6.07, 6.45) is 6.17. The summed E-state index contributed by atoms with van der Waals surface area (Å²) in [7, 11) is 2.04. The van der Waals surface area contributed by atoms with Crippen molar-refractivity contribution in [3.8, 4) is 0 Å². The molecule has 86 valence electrons. The zero-order valence-electron chi connectivity index (χ0n) is 10.3. The Morgan fingerprint density at radius 3 is 2.73 bits per heavy atom. The Balaban J connectivity index is 2.66. The monoisotopic (exact) mass is 209 g/mol. The largest absolute Gasteiger partial charge is 0.335 e. The number of rotatable bonds is 6. The van der Waals surface area contributed by atoms with Crippen LogP contribution in [0.5, 0.6) is 0 Å². The average molecular weight is 209 g/mol. The number of nitrogens with zero attached hydrogens (tertiary/aromatic N) is 2. The van der Waals surface area contributed by atoms with Crippen LogP contribution in [0.3, 0.4) is 0 Å². The van der Waals surface area contributed by atoms with Crippen molar-refractivity contribution >= 4 is 0 Å². The molecule has 15 heavy (non-hydrogen) atoms. The summed E-state index contributed by atoms with van der Waals surface area (Å²) >= 11 is 0. The van der Waals surface area contributed by atoms with Crippen molar-refractivity contribution < 1.29 is 0 Å². The highest BCUT2D eigenvalue weighted by atomic mass is 15.1. The second kappa shape index (κ2) is 5.91. The third-order valence-corrected chi connectivity index (χ3v) is 3.25. The van der Waals surface area contributed by atoms with Crippen LogP contribution in [-0.4, -0.2) is 22.6 Å². The fraction of sp³-hybridized carbons (Fsp3) is 0.750. The molecule has 1 aromatic rings. The van der Waals surface area contributed by atoms with Gasteiger partial charge in [0.05, 0.1) is 0 Å². The van der Waals surface area contributed by atoms with Crippen molar-refractivity contribution in [2.45, 2.75) is 46.2 Å². The minimum absolute atomic E-state index is 0.530. The highest BCUT2D eigenvalue weighted by molar-refractivity contribution is 4.96. The first-order chi connectivity index (χ1) is 7.22. The second-order valence-electron chi connectivity index (χ2n) is 4.11. The lowest BCUT2D eigenvalue weighted by atomic mass is 9.96. The maximum Gasteiger partial charge on any atom is 0.110 e. The van der Waals surface area contributed by atoms with Crippen molar-refractivity contribution in [2.24, 2.45) is 5.92 Å². The van der Waals surface area contributed by atoms with E-state index in [1.165, 1.54) is 12.2 Å². The number of nitrogens with one attached hydrogen (secondary N) is 1. The Labute approximate surface area is 92.9 Å². The topological polar surface area (TPSA) is 29.9 Å². The van der Waals surface area contributed by atoms with Crippen LogP contribution in [0.1, 0.15) is 33.0 Å². The fourth-order valence-electron chi connectivity index (χ4n) is 1.89. The molecule has 0 radical (unpaired) electrons. The molecule has 1 heterocycles. The molecule has 3 heteroatoms. The Morgan fingerprint density at radius 1 is 1.47 bits per heavy atom. The maximum atomic E-state index is 4.41. The molecule has 1 rings (SSSR count). The van der Waals surface area contributed by atoms with Gasteiger partial charge < -0.3 is 9.88 Å². The van der Waals surface area contributed by atoms with Gasteiger partial charge in [-0.2, -0.15) is 0 Å². The zero-order valence-corrected chi connectivity index (χ0v) is 10.3. The Kier molecular flexibility index (Phi) is 4.82. The third kappa shape index (κ3) is 3.06. The summed E-state index contributed by atoms with van der Waals surface area (Å²) in [5.74, 6) is 1.88. The summed E-state index contributed by atoms with van der Waals surface area (Å²) in [5, 5.41) is 3.39. The van der Waals surface area contributed by atoms with Crippen LogP contribution in [0.4, 0.5) is 0 Å². The predicted octanol–water partition coefficient (Wildman–Crippen LogP) is 2.08. The van der Waals surface area contributed by atoms with E-state index in [1.807, 2.05) is 13.2 Å². The van der Waals surface area contributed by atoms with Gasteiger partial charge in [0.15, 0.2) is 0 Å². The van der Waals surface area contributed by atoms with Crippen molar-refractivity contribution in [1.82, 2.24) is 14.9 Å². The Hall–Kier alpha value is -0.830. The average Bonchev–Trinajstić information content (AvgIpc) is 2.71. The van der Waals surface area contributed by atoms with Gasteiger partial charge in [0.2, 0.25) is 0 Å². The SMILES string of the molecule is CCC(C)C(Cc1nccn1CC)NC. The molecule has 0 amide bonds. The summed E-state index contributed by atoms with van der Waals surface area (Å²) in [5.41, 5.74) is 0. The lowest BCUT2D eigenvalue weighted by Crippen LogP contribution is -2.34. The molecule has 0 fully saturated rings. The number of aromatic nitrogens is 2. The highest BCUT2D eigenvalue weighted by Gasteiger charge is 2.16. The Morgan fingerprint density at radius 2 is 2.20 bits per heavy atom. The van der Waals surface area contributed by atoms with Crippen molar-refractivity contribution in [2.75, 3.05) is 7.05 Å². The molecule has 0 saturated carbocycles. The minimum Gasteiger partial charge on any atom is -0.335 e. The molecule has 0 aromatic carbocycles. The summed E-state index contributed by atoms with van der Waals surface area (Å²) in [4.78, 5) is 4.41. The number of imidazole rings is 1. The van der Waals surface area contributed by atoms with Crippen molar-refractivity contribution in [3.05, 3.63) is 18.2 Å². The van der Waals surface area contributed by atoms with Gasteiger partial charge in [-0.25, -0.2) is 4.98 Å². The number of aryl methyl sites for hydroxylation is 1. The zero-order chi connectivity index (χ0) is 11.3. The van der Waals surface area contributed by atoms with E-state index in [1.54, 1.807) is 0 Å². The highest BCUT2D eigenvalue weighted by Crippen LogP contribution is 2.12. The second-order valence-corrected chi connectivity index (χ2v) is 4.11. The van der Waals surface area contributed by atoms with Gasteiger partial charge in [-0.1, -0.05) is 20.3 Å². The standard InChI is InChI=1S/C12H23N3/c1-5-10(3)11(13-4)9-12-14-7-8-15(12)6-2/h7-8,10-11,13H,5-6,9H2,1-4H3. The van der Waals surface area contributed by atoms with Crippen LogP contribution < -0.4 is 5.32 Å². The Bertz CT molecular complexity index is 280. The van der Waals surface area contributed by atoms with E-state index in [-0.39, 0.29) is 0 Å². The molecule has 1 aromatic heterocycles. The van der Waals surface area contributed by atoms with Gasteiger partial charge >= 0.3 is 0 Å². The van der Waals surface area contributed by atoms with Crippen LogP contribution >= 0.6 is 0 Å². The van der Waals surface area contributed by atoms with Crippen LogP contribution in [-0.2, 0) is 13.0 Å². The van der Waals surface area contributed by atoms with Gasteiger partial charge in [0, 0.05) is 31.4 Å². The minimum atomic E-state index is 0.530.